The number of carboxylic acids is 2. The largest absolute Gasteiger partial charge is 0.497 e. The van der Waals surface area contributed by atoms with Crippen molar-refractivity contribution in [3.8, 4) is 11.5 Å². The van der Waals surface area contributed by atoms with E-state index in [1.165, 1.54) is 0 Å². The number of carbonyl (C=O) groups excluding carboxylic acids is 2. The molecule has 0 aliphatic carbocycles. The number of carbonyl (C=O) groups is 4. The summed E-state index contributed by atoms with van der Waals surface area (Å²) in [6.07, 6.45) is 1.41. The molecule has 2 aliphatic rings. The average Bonchev–Trinajstić information content (AvgIpc) is 2.89. The van der Waals surface area contributed by atoms with Gasteiger partial charge in [-0.1, -0.05) is 0 Å². The molecule has 1 aromatic rings. The fraction of sp³-hybridized carbons (Fsp3) is 0.583. The zero-order valence-electron chi connectivity index (χ0n) is 21.0. The van der Waals surface area contributed by atoms with Crippen LogP contribution in [-0.2, 0) is 25.7 Å². The third-order valence-electron chi connectivity index (χ3n) is 6.12. The van der Waals surface area contributed by atoms with E-state index in [-0.39, 0.29) is 17.9 Å². The first kappa shape index (κ1) is 28.7. The minimum Gasteiger partial charge on any atom is -0.497 e. The second-order valence-electron chi connectivity index (χ2n) is 8.35. The second-order valence-corrected chi connectivity index (χ2v) is 8.35. The molecule has 2 aliphatic heterocycles. The average molecular weight is 510 g/mol. The van der Waals surface area contributed by atoms with Crippen LogP contribution in [0.4, 0.5) is 4.79 Å². The van der Waals surface area contributed by atoms with Crippen molar-refractivity contribution in [2.45, 2.75) is 26.3 Å². The number of likely N-dealkylation sites (tertiary alicyclic amines) is 1. The van der Waals surface area contributed by atoms with Crippen molar-refractivity contribution in [1.82, 2.24) is 14.7 Å². The summed E-state index contributed by atoms with van der Waals surface area (Å²) in [5.74, 6) is -1.70. The number of benzene rings is 1. The SMILES string of the molecule is CCOC(=O)N1CCN(C(=O)C2CCN(Cc3cc(OC)ccc3OC)CC2)CC1.O=C(O)C(=O)O. The van der Waals surface area contributed by atoms with E-state index in [1.54, 1.807) is 26.0 Å². The Balaban J connectivity index is 0.000000678. The first-order valence-corrected chi connectivity index (χ1v) is 11.8. The Bertz CT molecular complexity index is 896. The topological polar surface area (TPSA) is 146 Å². The van der Waals surface area contributed by atoms with E-state index in [2.05, 4.69) is 4.90 Å². The van der Waals surface area contributed by atoms with Gasteiger partial charge in [-0.15, -0.1) is 0 Å². The van der Waals surface area contributed by atoms with Crippen LogP contribution >= 0.6 is 0 Å². The molecule has 2 fully saturated rings. The maximum Gasteiger partial charge on any atom is 0.414 e. The number of aliphatic carboxylic acids is 2. The van der Waals surface area contributed by atoms with Crippen LogP contribution in [0.25, 0.3) is 0 Å². The molecule has 0 spiro atoms. The molecule has 12 nitrogen and oxygen atoms in total. The zero-order valence-corrected chi connectivity index (χ0v) is 21.0. The van der Waals surface area contributed by atoms with Gasteiger partial charge in [0.1, 0.15) is 11.5 Å². The van der Waals surface area contributed by atoms with Gasteiger partial charge in [0, 0.05) is 44.2 Å². The van der Waals surface area contributed by atoms with E-state index in [0.717, 1.165) is 49.5 Å². The minimum absolute atomic E-state index is 0.0580. The predicted molar refractivity (Wildman–Crippen MR) is 128 cm³/mol. The summed E-state index contributed by atoms with van der Waals surface area (Å²) in [5, 5.41) is 14.8. The van der Waals surface area contributed by atoms with Gasteiger partial charge in [-0.2, -0.15) is 0 Å². The highest BCUT2D eigenvalue weighted by Crippen LogP contribution is 2.28. The highest BCUT2D eigenvalue weighted by Gasteiger charge is 2.31. The molecule has 2 saturated heterocycles. The van der Waals surface area contributed by atoms with E-state index in [1.807, 2.05) is 23.1 Å². The van der Waals surface area contributed by atoms with Crippen molar-refractivity contribution in [1.29, 1.82) is 0 Å². The van der Waals surface area contributed by atoms with E-state index >= 15 is 0 Å². The number of carboxylic acid groups (broad SMARTS) is 2. The van der Waals surface area contributed by atoms with Gasteiger partial charge in [0.05, 0.1) is 20.8 Å². The Morgan fingerprint density at radius 2 is 1.47 bits per heavy atom. The van der Waals surface area contributed by atoms with Gasteiger partial charge in [0.15, 0.2) is 0 Å². The number of ether oxygens (including phenoxy) is 3. The lowest BCUT2D eigenvalue weighted by Crippen LogP contribution is -2.53. The zero-order chi connectivity index (χ0) is 26.7. The maximum absolute atomic E-state index is 12.9. The van der Waals surface area contributed by atoms with Crippen LogP contribution in [0.1, 0.15) is 25.3 Å². The highest BCUT2D eigenvalue weighted by molar-refractivity contribution is 6.27. The maximum atomic E-state index is 12.9. The van der Waals surface area contributed by atoms with Crippen LogP contribution in [0.3, 0.4) is 0 Å². The Hall–Kier alpha value is -3.54. The van der Waals surface area contributed by atoms with Crippen molar-refractivity contribution in [2.75, 3.05) is 60.1 Å². The number of nitrogens with zero attached hydrogens (tertiary/aromatic N) is 3. The molecule has 0 saturated carbocycles. The molecule has 0 radical (unpaired) electrons. The number of piperidine rings is 1. The van der Waals surface area contributed by atoms with Crippen molar-refractivity contribution >= 4 is 23.9 Å². The minimum atomic E-state index is -1.82. The third kappa shape index (κ3) is 8.29. The van der Waals surface area contributed by atoms with E-state index in [0.29, 0.717) is 32.8 Å². The monoisotopic (exact) mass is 509 g/mol. The molecule has 36 heavy (non-hydrogen) atoms. The molecule has 0 atom stereocenters. The lowest BCUT2D eigenvalue weighted by Gasteiger charge is -2.38. The third-order valence-corrected chi connectivity index (χ3v) is 6.12. The van der Waals surface area contributed by atoms with E-state index < -0.39 is 11.9 Å². The molecule has 3 rings (SSSR count). The molecule has 0 bridgehead atoms. The Morgan fingerprint density at radius 1 is 0.889 bits per heavy atom. The van der Waals surface area contributed by atoms with Crippen LogP contribution in [0.2, 0.25) is 0 Å². The summed E-state index contributed by atoms with van der Waals surface area (Å²) < 4.78 is 15.9. The number of hydrogen-bond acceptors (Lipinski definition) is 8. The predicted octanol–water partition coefficient (Wildman–Crippen LogP) is 1.37. The standard InChI is InChI=1S/C22H33N3O5.C2H2O4/c1-4-30-22(27)25-13-11-24(12-14-25)21(26)17-7-9-23(10-8-17)16-18-15-19(28-2)5-6-20(18)29-3;3-1(4)2(5)6/h5-6,15,17H,4,7-14,16H2,1-3H3;(H,3,4)(H,5,6). The normalized spacial score (nSPS) is 16.4. The molecule has 12 heteroatoms. The van der Waals surface area contributed by atoms with Gasteiger partial charge in [0.2, 0.25) is 5.91 Å². The van der Waals surface area contributed by atoms with Gasteiger partial charge in [0.25, 0.3) is 0 Å². The smallest absolute Gasteiger partial charge is 0.414 e. The quantitative estimate of drug-likeness (QED) is 0.539. The van der Waals surface area contributed by atoms with E-state index in [9.17, 15) is 9.59 Å². The summed E-state index contributed by atoms with van der Waals surface area (Å²) >= 11 is 0. The highest BCUT2D eigenvalue weighted by atomic mass is 16.6. The molecular formula is C24H35N3O9. The molecule has 200 valence electrons. The summed E-state index contributed by atoms with van der Waals surface area (Å²) in [5.41, 5.74) is 1.09. The van der Waals surface area contributed by atoms with Crippen LogP contribution < -0.4 is 9.47 Å². The Morgan fingerprint density at radius 3 is 1.97 bits per heavy atom. The van der Waals surface area contributed by atoms with Gasteiger partial charge >= 0.3 is 18.0 Å². The van der Waals surface area contributed by atoms with Crippen molar-refractivity contribution in [3.63, 3.8) is 0 Å². The van der Waals surface area contributed by atoms with Crippen molar-refractivity contribution < 1.29 is 43.6 Å². The Labute approximate surface area is 210 Å². The molecule has 0 aromatic heterocycles. The first-order valence-electron chi connectivity index (χ1n) is 11.8. The number of hydrogen-bond donors (Lipinski definition) is 2. The number of piperazine rings is 1. The lowest BCUT2D eigenvalue weighted by atomic mass is 9.94. The van der Waals surface area contributed by atoms with Crippen molar-refractivity contribution in [3.05, 3.63) is 23.8 Å². The molecule has 1 aromatic carbocycles. The lowest BCUT2D eigenvalue weighted by molar-refractivity contribution is -0.159. The molecule has 2 heterocycles. The fourth-order valence-electron chi connectivity index (χ4n) is 4.17. The molecule has 2 N–H and O–H groups in total. The van der Waals surface area contributed by atoms with E-state index in [4.69, 9.17) is 34.0 Å². The first-order chi connectivity index (χ1) is 17.2. The molecule has 2 amide bonds. The van der Waals surface area contributed by atoms with Crippen LogP contribution in [0.15, 0.2) is 18.2 Å². The van der Waals surface area contributed by atoms with Crippen LogP contribution in [-0.4, -0.2) is 109 Å². The Kier molecular flexibility index (Phi) is 11.3. The van der Waals surface area contributed by atoms with Crippen molar-refractivity contribution in [2.24, 2.45) is 5.92 Å². The fourth-order valence-corrected chi connectivity index (χ4v) is 4.17. The van der Waals surface area contributed by atoms with Crippen LogP contribution in [0, 0.1) is 5.92 Å². The number of amides is 2. The van der Waals surface area contributed by atoms with Gasteiger partial charge in [-0.05, 0) is 51.1 Å². The van der Waals surface area contributed by atoms with Gasteiger partial charge < -0.3 is 34.2 Å². The summed E-state index contributed by atoms with van der Waals surface area (Å²) in [4.78, 5) is 48.9. The summed E-state index contributed by atoms with van der Waals surface area (Å²) in [6, 6.07) is 5.84. The second kappa shape index (κ2) is 14.1. The van der Waals surface area contributed by atoms with Gasteiger partial charge in [-0.25, -0.2) is 14.4 Å². The summed E-state index contributed by atoms with van der Waals surface area (Å²) in [7, 11) is 3.34. The van der Waals surface area contributed by atoms with Gasteiger partial charge in [-0.3, -0.25) is 9.69 Å². The summed E-state index contributed by atoms with van der Waals surface area (Å²) in [6.45, 7) is 6.95. The van der Waals surface area contributed by atoms with Crippen LogP contribution in [0.5, 0.6) is 11.5 Å². The number of methoxy groups -OCH3 is 2. The molecule has 0 unspecified atom stereocenters. The molecular weight excluding hydrogens is 474 g/mol. The number of rotatable bonds is 6.